The molecule has 2 N–H and O–H groups in total. The summed E-state index contributed by atoms with van der Waals surface area (Å²) in [5.41, 5.74) is 0. The van der Waals surface area contributed by atoms with Crippen molar-refractivity contribution in [2.24, 2.45) is 0 Å². The van der Waals surface area contributed by atoms with Gasteiger partial charge in [-0.2, -0.15) is 11.8 Å². The number of hydrogen-bond acceptors (Lipinski definition) is 5. The summed E-state index contributed by atoms with van der Waals surface area (Å²) in [5.74, 6) is 0.199. The van der Waals surface area contributed by atoms with Crippen LogP contribution in [0.25, 0.3) is 0 Å². The zero-order valence-electron chi connectivity index (χ0n) is 13.4. The van der Waals surface area contributed by atoms with Gasteiger partial charge < -0.3 is 9.84 Å². The van der Waals surface area contributed by atoms with Crippen molar-refractivity contribution in [3.63, 3.8) is 0 Å². The molecule has 0 aliphatic rings. The van der Waals surface area contributed by atoms with Gasteiger partial charge in [-0.1, -0.05) is 32.6 Å². The Morgan fingerprint density at radius 2 is 1.86 bits per heavy atom. The zero-order chi connectivity index (χ0) is 16.1. The lowest BCUT2D eigenvalue weighted by molar-refractivity contribution is -0.146. The van der Waals surface area contributed by atoms with Gasteiger partial charge in [0.1, 0.15) is 12.1 Å². The Hall–Kier alpha value is -0.750. The van der Waals surface area contributed by atoms with E-state index in [1.807, 2.05) is 0 Å². The Balaban J connectivity index is 4.04. The largest absolute Gasteiger partial charge is 0.480 e. The highest BCUT2D eigenvalue weighted by atomic mass is 32.2. The van der Waals surface area contributed by atoms with Crippen LogP contribution in [-0.2, 0) is 14.3 Å². The zero-order valence-corrected chi connectivity index (χ0v) is 14.2. The van der Waals surface area contributed by atoms with Crippen LogP contribution in [0.5, 0.6) is 0 Å². The molecule has 0 heterocycles. The average molecular weight is 319 g/mol. The SMILES string of the molecule is CCCCCCCSCC(N[C@@H](C)C(=O)O)C(=O)OCC. The number of carboxylic acids is 1. The van der Waals surface area contributed by atoms with E-state index in [4.69, 9.17) is 9.84 Å². The number of nitrogens with one attached hydrogen (secondary N) is 1. The molecular weight excluding hydrogens is 290 g/mol. The van der Waals surface area contributed by atoms with Gasteiger partial charge >= 0.3 is 11.9 Å². The van der Waals surface area contributed by atoms with E-state index in [1.165, 1.54) is 32.6 Å². The lowest BCUT2D eigenvalue weighted by Crippen LogP contribution is -2.47. The van der Waals surface area contributed by atoms with Crippen molar-refractivity contribution in [2.45, 2.75) is 65.0 Å². The van der Waals surface area contributed by atoms with Crippen molar-refractivity contribution < 1.29 is 19.4 Å². The first-order valence-electron chi connectivity index (χ1n) is 7.76. The van der Waals surface area contributed by atoms with Crippen LogP contribution < -0.4 is 5.32 Å². The van der Waals surface area contributed by atoms with Gasteiger partial charge in [0.05, 0.1) is 6.61 Å². The summed E-state index contributed by atoms with van der Waals surface area (Å²) in [4.78, 5) is 22.7. The number of carbonyl (C=O) groups excluding carboxylic acids is 1. The lowest BCUT2D eigenvalue weighted by Gasteiger charge is -2.19. The molecule has 0 bridgehead atoms. The minimum atomic E-state index is -0.964. The molecule has 0 aromatic rings. The Morgan fingerprint density at radius 3 is 2.43 bits per heavy atom. The van der Waals surface area contributed by atoms with Crippen LogP contribution in [0, 0.1) is 0 Å². The van der Waals surface area contributed by atoms with Crippen molar-refractivity contribution >= 4 is 23.7 Å². The molecule has 0 radical (unpaired) electrons. The van der Waals surface area contributed by atoms with E-state index in [-0.39, 0.29) is 5.97 Å². The lowest BCUT2D eigenvalue weighted by atomic mass is 10.2. The van der Waals surface area contributed by atoms with Gasteiger partial charge in [0.25, 0.3) is 0 Å². The van der Waals surface area contributed by atoms with E-state index >= 15 is 0 Å². The highest BCUT2D eigenvalue weighted by molar-refractivity contribution is 7.99. The molecule has 0 aliphatic heterocycles. The highest BCUT2D eigenvalue weighted by Crippen LogP contribution is 2.11. The highest BCUT2D eigenvalue weighted by Gasteiger charge is 2.24. The van der Waals surface area contributed by atoms with Crippen molar-refractivity contribution in [1.82, 2.24) is 5.32 Å². The second-order valence-electron chi connectivity index (χ2n) is 5.02. The summed E-state index contributed by atoms with van der Waals surface area (Å²) in [7, 11) is 0. The van der Waals surface area contributed by atoms with Crippen molar-refractivity contribution in [3.05, 3.63) is 0 Å². The van der Waals surface area contributed by atoms with Gasteiger partial charge in [0.2, 0.25) is 0 Å². The molecule has 0 saturated heterocycles. The molecule has 0 aromatic carbocycles. The van der Waals surface area contributed by atoms with Crippen LogP contribution in [0.3, 0.4) is 0 Å². The second kappa shape index (κ2) is 13.0. The topological polar surface area (TPSA) is 75.6 Å². The van der Waals surface area contributed by atoms with Gasteiger partial charge in [-0.05, 0) is 26.0 Å². The minimum Gasteiger partial charge on any atom is -0.480 e. The molecule has 124 valence electrons. The summed E-state index contributed by atoms with van der Waals surface area (Å²) in [5, 5.41) is 11.7. The standard InChI is InChI=1S/C15H29NO4S/c1-4-6-7-8-9-10-21-11-13(15(19)20-5-2)16-12(3)14(17)18/h12-13,16H,4-11H2,1-3H3,(H,17,18)/t12-,13?/m0/s1. The predicted molar refractivity (Wildman–Crippen MR) is 86.7 cm³/mol. The van der Waals surface area contributed by atoms with Crippen LogP contribution in [0.15, 0.2) is 0 Å². The maximum Gasteiger partial charge on any atom is 0.324 e. The third-order valence-corrected chi connectivity index (χ3v) is 4.22. The van der Waals surface area contributed by atoms with E-state index < -0.39 is 18.1 Å². The summed E-state index contributed by atoms with van der Waals surface area (Å²) >= 11 is 1.67. The monoisotopic (exact) mass is 319 g/mol. The molecule has 21 heavy (non-hydrogen) atoms. The number of esters is 1. The van der Waals surface area contributed by atoms with E-state index in [9.17, 15) is 9.59 Å². The number of carboxylic acid groups (broad SMARTS) is 1. The van der Waals surface area contributed by atoms with Crippen molar-refractivity contribution in [3.8, 4) is 0 Å². The molecule has 1 unspecified atom stereocenters. The Bertz CT molecular complexity index is 299. The average Bonchev–Trinajstić information content (AvgIpc) is 2.44. The van der Waals surface area contributed by atoms with Crippen molar-refractivity contribution in [2.75, 3.05) is 18.1 Å². The molecule has 0 amide bonds. The van der Waals surface area contributed by atoms with Gasteiger partial charge in [0, 0.05) is 5.75 Å². The summed E-state index contributed by atoms with van der Waals surface area (Å²) < 4.78 is 4.99. The number of aliphatic carboxylic acids is 1. The molecular formula is C15H29NO4S. The fraction of sp³-hybridized carbons (Fsp3) is 0.867. The number of carbonyl (C=O) groups is 2. The number of rotatable bonds is 13. The normalized spacial score (nSPS) is 13.7. The van der Waals surface area contributed by atoms with E-state index in [1.54, 1.807) is 18.7 Å². The van der Waals surface area contributed by atoms with Crippen LogP contribution in [-0.4, -0.2) is 47.2 Å². The van der Waals surface area contributed by atoms with Crippen LogP contribution in [0.4, 0.5) is 0 Å². The fourth-order valence-corrected chi connectivity index (χ4v) is 2.85. The van der Waals surface area contributed by atoms with Crippen LogP contribution in [0.1, 0.15) is 52.9 Å². The summed E-state index contributed by atoms with van der Waals surface area (Å²) in [6.07, 6.45) is 6.11. The first kappa shape index (κ1) is 20.2. The maximum atomic E-state index is 11.8. The number of hydrogen-bond donors (Lipinski definition) is 2. The third-order valence-electron chi connectivity index (χ3n) is 3.07. The van der Waals surface area contributed by atoms with E-state index in [0.29, 0.717) is 12.4 Å². The first-order valence-corrected chi connectivity index (χ1v) is 8.91. The molecule has 0 spiro atoms. The maximum absolute atomic E-state index is 11.8. The fourth-order valence-electron chi connectivity index (χ4n) is 1.81. The minimum absolute atomic E-state index is 0.306. The summed E-state index contributed by atoms with van der Waals surface area (Å²) in [6.45, 7) is 5.77. The quantitative estimate of drug-likeness (QED) is 0.401. The van der Waals surface area contributed by atoms with Crippen molar-refractivity contribution in [1.29, 1.82) is 0 Å². The van der Waals surface area contributed by atoms with Crippen LogP contribution >= 0.6 is 11.8 Å². The van der Waals surface area contributed by atoms with Gasteiger partial charge in [-0.15, -0.1) is 0 Å². The van der Waals surface area contributed by atoms with E-state index in [2.05, 4.69) is 12.2 Å². The second-order valence-corrected chi connectivity index (χ2v) is 6.17. The van der Waals surface area contributed by atoms with Gasteiger partial charge in [-0.25, -0.2) is 0 Å². The molecule has 0 fully saturated rings. The van der Waals surface area contributed by atoms with Gasteiger partial charge in [0.15, 0.2) is 0 Å². The van der Waals surface area contributed by atoms with E-state index in [0.717, 1.165) is 12.2 Å². The molecule has 6 heteroatoms. The van der Waals surface area contributed by atoms with Gasteiger partial charge in [-0.3, -0.25) is 14.9 Å². The van der Waals surface area contributed by atoms with Crippen LogP contribution in [0.2, 0.25) is 0 Å². The smallest absolute Gasteiger partial charge is 0.324 e. The Labute approximate surface area is 132 Å². The molecule has 5 nitrogen and oxygen atoms in total. The predicted octanol–water partition coefficient (Wildman–Crippen LogP) is 2.68. The molecule has 0 saturated carbocycles. The Kier molecular flexibility index (Phi) is 12.5. The number of unbranched alkanes of at least 4 members (excludes halogenated alkanes) is 4. The third kappa shape index (κ3) is 10.6. The molecule has 0 rings (SSSR count). The molecule has 2 atom stereocenters. The Morgan fingerprint density at radius 1 is 1.19 bits per heavy atom. The first-order chi connectivity index (χ1) is 10.0. The molecule has 0 aliphatic carbocycles. The summed E-state index contributed by atoms with van der Waals surface area (Å²) in [6, 6.07) is -1.32. The molecule has 0 aromatic heterocycles. The number of thioether (sulfide) groups is 1. The number of ether oxygens (including phenoxy) is 1.